The molecule has 1 aromatic heterocycles. The highest BCUT2D eigenvalue weighted by Crippen LogP contribution is 2.32. The number of rotatable bonds is 7. The highest BCUT2D eigenvalue weighted by Gasteiger charge is 2.44. The second kappa shape index (κ2) is 7.24. The third-order valence-electron chi connectivity index (χ3n) is 4.31. The lowest BCUT2D eigenvalue weighted by atomic mass is 9.79. The molecule has 2 atom stereocenters. The van der Waals surface area contributed by atoms with Gasteiger partial charge in [-0.1, -0.05) is 6.42 Å². The molecule has 1 fully saturated rings. The molecule has 9 nitrogen and oxygen atoms in total. The maximum Gasteiger partial charge on any atom is 0.451 e. The van der Waals surface area contributed by atoms with Crippen LogP contribution in [0.4, 0.5) is 11.5 Å². The van der Waals surface area contributed by atoms with E-state index in [2.05, 4.69) is 9.71 Å². The minimum atomic E-state index is -3.80. The van der Waals surface area contributed by atoms with Crippen molar-refractivity contribution in [2.45, 2.75) is 31.6 Å². The number of nitrogens with one attached hydrogen (secondary N) is 1. The van der Waals surface area contributed by atoms with E-state index in [1.165, 1.54) is 16.6 Å². The van der Waals surface area contributed by atoms with Crippen LogP contribution in [0.25, 0.3) is 0 Å². The molecule has 2 rings (SSSR count). The molecule has 0 unspecified atom stereocenters. The fourth-order valence-corrected chi connectivity index (χ4v) is 4.29. The standard InChI is InChI=1S/C13H24BN5O4S/c1-13(16)9-19(8-10(13)4-2-6-14(20)21)24(22,23)18-11-5-3-7-17-12(11)15/h3,5,7,10,18,20-21H,2,4,6,8-9,16H2,1H3,(H2,15,17)/t10-,13-/m0/s1. The van der Waals surface area contributed by atoms with Crippen molar-refractivity contribution in [2.75, 3.05) is 23.5 Å². The molecule has 1 aliphatic heterocycles. The molecule has 1 aromatic rings. The largest absolute Gasteiger partial charge is 0.451 e. The number of hydrogen-bond donors (Lipinski definition) is 5. The first-order chi connectivity index (χ1) is 11.1. The Morgan fingerprint density at radius 3 is 2.88 bits per heavy atom. The Morgan fingerprint density at radius 1 is 1.54 bits per heavy atom. The monoisotopic (exact) mass is 357 g/mol. The summed E-state index contributed by atoms with van der Waals surface area (Å²) >= 11 is 0. The Bertz CT molecular complexity index is 670. The lowest BCUT2D eigenvalue weighted by molar-refractivity contribution is 0.343. The smallest absolute Gasteiger partial charge is 0.427 e. The molecule has 0 amide bonds. The van der Waals surface area contributed by atoms with Crippen LogP contribution in [0.1, 0.15) is 19.8 Å². The third-order valence-corrected chi connectivity index (χ3v) is 5.74. The highest BCUT2D eigenvalue weighted by atomic mass is 32.2. The third kappa shape index (κ3) is 4.58. The fraction of sp³-hybridized carbons (Fsp3) is 0.615. The van der Waals surface area contributed by atoms with Gasteiger partial charge in [0, 0.05) is 24.8 Å². The number of nitrogen functional groups attached to an aromatic ring is 1. The van der Waals surface area contributed by atoms with Crippen LogP contribution in [0.15, 0.2) is 18.3 Å². The zero-order valence-electron chi connectivity index (χ0n) is 13.6. The maximum absolute atomic E-state index is 12.6. The molecule has 0 aliphatic carbocycles. The van der Waals surface area contributed by atoms with Gasteiger partial charge in [-0.25, -0.2) is 4.98 Å². The van der Waals surface area contributed by atoms with Crippen molar-refractivity contribution in [3.63, 3.8) is 0 Å². The molecule has 11 heteroatoms. The van der Waals surface area contributed by atoms with E-state index in [4.69, 9.17) is 21.5 Å². The maximum atomic E-state index is 12.6. The number of pyridine rings is 1. The van der Waals surface area contributed by atoms with E-state index in [0.717, 1.165) is 0 Å². The van der Waals surface area contributed by atoms with Gasteiger partial charge in [0.1, 0.15) is 5.82 Å². The topological polar surface area (TPSA) is 155 Å². The Kier molecular flexibility index (Phi) is 5.71. The highest BCUT2D eigenvalue weighted by molar-refractivity contribution is 7.90. The minimum Gasteiger partial charge on any atom is -0.427 e. The normalized spacial score (nSPS) is 24.9. The van der Waals surface area contributed by atoms with Gasteiger partial charge in [-0.3, -0.25) is 4.72 Å². The molecule has 134 valence electrons. The van der Waals surface area contributed by atoms with Crippen molar-refractivity contribution in [1.82, 2.24) is 9.29 Å². The van der Waals surface area contributed by atoms with Crippen LogP contribution >= 0.6 is 0 Å². The molecular formula is C13H24BN5O4S. The van der Waals surface area contributed by atoms with E-state index in [0.29, 0.717) is 12.8 Å². The molecule has 0 spiro atoms. The summed E-state index contributed by atoms with van der Waals surface area (Å²) in [5.41, 5.74) is 11.5. The van der Waals surface area contributed by atoms with Crippen molar-refractivity contribution in [3.05, 3.63) is 18.3 Å². The average Bonchev–Trinajstić information content (AvgIpc) is 2.77. The molecule has 0 radical (unpaired) electrons. The van der Waals surface area contributed by atoms with Gasteiger partial charge in [0.25, 0.3) is 0 Å². The summed E-state index contributed by atoms with van der Waals surface area (Å²) in [7, 11) is -5.15. The second-order valence-electron chi connectivity index (χ2n) is 6.45. The lowest BCUT2D eigenvalue weighted by Gasteiger charge is -2.25. The number of hydrogen-bond acceptors (Lipinski definition) is 7. The van der Waals surface area contributed by atoms with Crippen molar-refractivity contribution >= 4 is 28.8 Å². The van der Waals surface area contributed by atoms with Crippen molar-refractivity contribution in [3.8, 4) is 0 Å². The van der Waals surface area contributed by atoms with Gasteiger partial charge in [0.2, 0.25) is 0 Å². The number of nitrogens with two attached hydrogens (primary N) is 2. The summed E-state index contributed by atoms with van der Waals surface area (Å²) in [6, 6.07) is 3.13. The van der Waals surface area contributed by atoms with Gasteiger partial charge in [-0.05, 0) is 37.7 Å². The van der Waals surface area contributed by atoms with E-state index in [9.17, 15) is 8.42 Å². The first kappa shape index (κ1) is 18.9. The van der Waals surface area contributed by atoms with E-state index in [-0.39, 0.29) is 36.8 Å². The lowest BCUT2D eigenvalue weighted by Crippen LogP contribution is -2.45. The Hall–Kier alpha value is -1.40. The summed E-state index contributed by atoms with van der Waals surface area (Å²) in [5, 5.41) is 17.8. The summed E-state index contributed by atoms with van der Waals surface area (Å²) in [6.07, 6.45) is 2.90. The van der Waals surface area contributed by atoms with Gasteiger partial charge >= 0.3 is 17.3 Å². The number of nitrogens with zero attached hydrogens (tertiary/aromatic N) is 2. The van der Waals surface area contributed by atoms with Crippen LogP contribution in [-0.4, -0.2) is 53.5 Å². The Morgan fingerprint density at radius 2 is 2.25 bits per heavy atom. The molecule has 24 heavy (non-hydrogen) atoms. The van der Waals surface area contributed by atoms with Crippen molar-refractivity contribution < 1.29 is 18.5 Å². The Labute approximate surface area is 142 Å². The fourth-order valence-electron chi connectivity index (χ4n) is 2.89. The van der Waals surface area contributed by atoms with Gasteiger partial charge in [0.15, 0.2) is 0 Å². The molecule has 0 bridgehead atoms. The summed E-state index contributed by atoms with van der Waals surface area (Å²) < 4.78 is 28.9. The van der Waals surface area contributed by atoms with E-state index in [1.54, 1.807) is 13.0 Å². The van der Waals surface area contributed by atoms with Crippen molar-refractivity contribution in [2.24, 2.45) is 11.7 Å². The van der Waals surface area contributed by atoms with Gasteiger partial charge in [0.05, 0.1) is 5.69 Å². The quantitative estimate of drug-likeness (QED) is 0.401. The van der Waals surface area contributed by atoms with Crippen LogP contribution in [0.5, 0.6) is 0 Å². The van der Waals surface area contributed by atoms with E-state index < -0.39 is 22.9 Å². The van der Waals surface area contributed by atoms with Crippen LogP contribution in [0, 0.1) is 5.92 Å². The second-order valence-corrected chi connectivity index (χ2v) is 8.12. The molecular weight excluding hydrogens is 333 g/mol. The Balaban J connectivity index is 2.05. The van der Waals surface area contributed by atoms with Crippen LogP contribution in [0.3, 0.4) is 0 Å². The van der Waals surface area contributed by atoms with Crippen LogP contribution in [0.2, 0.25) is 6.32 Å². The summed E-state index contributed by atoms with van der Waals surface area (Å²) in [5.74, 6) is 0.0309. The first-order valence-corrected chi connectivity index (χ1v) is 9.19. The molecule has 1 aliphatic rings. The van der Waals surface area contributed by atoms with Crippen LogP contribution in [-0.2, 0) is 10.2 Å². The zero-order chi connectivity index (χ0) is 18.0. The van der Waals surface area contributed by atoms with E-state index >= 15 is 0 Å². The molecule has 7 N–H and O–H groups in total. The summed E-state index contributed by atoms with van der Waals surface area (Å²) in [4.78, 5) is 3.85. The molecule has 1 saturated heterocycles. The van der Waals surface area contributed by atoms with Gasteiger partial charge in [-0.2, -0.15) is 12.7 Å². The SMILES string of the molecule is C[C@]1(N)CN(S(=O)(=O)Nc2cccnc2N)C[C@@H]1CCCB(O)O. The number of anilines is 2. The molecule has 0 saturated carbocycles. The molecule has 0 aromatic carbocycles. The zero-order valence-corrected chi connectivity index (χ0v) is 14.4. The predicted octanol–water partition coefficient (Wildman–Crippen LogP) is -0.777. The van der Waals surface area contributed by atoms with Crippen LogP contribution < -0.4 is 16.2 Å². The summed E-state index contributed by atoms with van der Waals surface area (Å²) in [6.45, 7) is 2.25. The number of aromatic nitrogens is 1. The van der Waals surface area contributed by atoms with Gasteiger partial charge < -0.3 is 21.5 Å². The predicted molar refractivity (Wildman–Crippen MR) is 93.1 cm³/mol. The van der Waals surface area contributed by atoms with Crippen molar-refractivity contribution in [1.29, 1.82) is 0 Å². The van der Waals surface area contributed by atoms with Gasteiger partial charge in [-0.15, -0.1) is 0 Å². The first-order valence-electron chi connectivity index (χ1n) is 7.75. The minimum absolute atomic E-state index is 0.0703. The average molecular weight is 357 g/mol. The van der Waals surface area contributed by atoms with E-state index in [1.807, 2.05) is 0 Å². The molecule has 2 heterocycles.